The van der Waals surface area contributed by atoms with Gasteiger partial charge in [-0.2, -0.15) is 0 Å². The van der Waals surface area contributed by atoms with Crippen molar-refractivity contribution >= 4 is 12.1 Å². The van der Waals surface area contributed by atoms with Gasteiger partial charge in [-0.25, -0.2) is 9.59 Å². The van der Waals surface area contributed by atoms with Crippen LogP contribution in [0.3, 0.4) is 0 Å². The topological polar surface area (TPSA) is 81.1 Å². The predicted octanol–water partition coefficient (Wildman–Crippen LogP) is 1.07. The Balaban J connectivity index is 2.31. The molecule has 0 aliphatic carbocycles. The fraction of sp³-hybridized carbons (Fsp3) is 0.833. The van der Waals surface area contributed by atoms with Crippen LogP contribution < -0.4 is 0 Å². The summed E-state index contributed by atoms with van der Waals surface area (Å²) in [5, 5.41) is 18.6. The monoisotopic (exact) mass is 256 g/mol. The average Bonchev–Trinajstić information content (AvgIpc) is 2.82. The zero-order chi connectivity index (χ0) is 13.5. The second-order valence-electron chi connectivity index (χ2n) is 5.42. The normalized spacial score (nSPS) is 37.1. The quantitative estimate of drug-likeness (QED) is 0.772. The highest BCUT2D eigenvalue weighted by Gasteiger charge is 2.56. The van der Waals surface area contributed by atoms with Gasteiger partial charge in [-0.15, -0.1) is 0 Å². The molecule has 2 saturated heterocycles. The third-order valence-corrected chi connectivity index (χ3v) is 4.50. The number of carbonyl (C=O) groups is 2. The fourth-order valence-corrected chi connectivity index (χ4v) is 3.40. The molecule has 2 aliphatic heterocycles. The van der Waals surface area contributed by atoms with E-state index in [2.05, 4.69) is 11.8 Å². The summed E-state index contributed by atoms with van der Waals surface area (Å²) in [4.78, 5) is 26.0. The Morgan fingerprint density at radius 1 is 1.22 bits per heavy atom. The van der Waals surface area contributed by atoms with Crippen LogP contribution in [0.1, 0.15) is 33.1 Å². The summed E-state index contributed by atoms with van der Waals surface area (Å²) in [6.45, 7) is 4.78. The van der Waals surface area contributed by atoms with Crippen molar-refractivity contribution in [1.82, 2.24) is 9.80 Å². The molecule has 0 aromatic rings. The summed E-state index contributed by atoms with van der Waals surface area (Å²) in [5.74, 6) is -1.05. The minimum atomic E-state index is -1.33. The number of carboxylic acids is 1. The minimum absolute atomic E-state index is 0.219. The van der Waals surface area contributed by atoms with Gasteiger partial charge >= 0.3 is 12.1 Å². The maximum atomic E-state index is 11.6. The first kappa shape index (κ1) is 13.1. The molecule has 0 radical (unpaired) electrons. The lowest BCUT2D eigenvalue weighted by atomic mass is 9.91. The van der Waals surface area contributed by atoms with Crippen molar-refractivity contribution in [3.63, 3.8) is 0 Å². The number of rotatable bonds is 2. The number of amides is 1. The van der Waals surface area contributed by atoms with Gasteiger partial charge < -0.3 is 10.2 Å². The van der Waals surface area contributed by atoms with Gasteiger partial charge in [0.1, 0.15) is 0 Å². The van der Waals surface area contributed by atoms with E-state index in [0.717, 1.165) is 24.3 Å². The Bertz CT molecular complexity index is 373. The average molecular weight is 256 g/mol. The zero-order valence-electron chi connectivity index (χ0n) is 10.8. The molecule has 2 fully saturated rings. The van der Waals surface area contributed by atoms with Gasteiger partial charge in [0.2, 0.25) is 0 Å². The first-order chi connectivity index (χ1) is 8.39. The van der Waals surface area contributed by atoms with Gasteiger partial charge in [-0.1, -0.05) is 0 Å². The van der Waals surface area contributed by atoms with Crippen LogP contribution in [0.25, 0.3) is 0 Å². The molecule has 18 heavy (non-hydrogen) atoms. The molecule has 2 aliphatic rings. The maximum absolute atomic E-state index is 11.6. The van der Waals surface area contributed by atoms with Crippen LogP contribution in [0, 0.1) is 0 Å². The van der Waals surface area contributed by atoms with Gasteiger partial charge in [0.05, 0.1) is 0 Å². The van der Waals surface area contributed by atoms with Crippen LogP contribution in [0.2, 0.25) is 0 Å². The summed E-state index contributed by atoms with van der Waals surface area (Å²) in [6, 6.07) is 0.117. The lowest BCUT2D eigenvalue weighted by Crippen LogP contribution is -2.61. The van der Waals surface area contributed by atoms with E-state index in [0.29, 0.717) is 19.0 Å². The van der Waals surface area contributed by atoms with Gasteiger partial charge in [0.15, 0.2) is 5.54 Å². The second-order valence-corrected chi connectivity index (χ2v) is 5.42. The largest absolute Gasteiger partial charge is 0.479 e. The molecule has 2 rings (SSSR count). The fourth-order valence-electron chi connectivity index (χ4n) is 3.40. The molecule has 6 nitrogen and oxygen atoms in total. The Kier molecular flexibility index (Phi) is 3.23. The number of likely N-dealkylation sites (tertiary alicyclic amines) is 2. The smallest absolute Gasteiger partial charge is 0.408 e. The van der Waals surface area contributed by atoms with Crippen molar-refractivity contribution in [1.29, 1.82) is 0 Å². The first-order valence-corrected chi connectivity index (χ1v) is 6.38. The van der Waals surface area contributed by atoms with E-state index in [1.54, 1.807) is 0 Å². The Morgan fingerprint density at radius 3 is 2.33 bits per heavy atom. The Labute approximate surface area is 106 Å². The van der Waals surface area contributed by atoms with Crippen LogP contribution in [-0.2, 0) is 4.79 Å². The van der Waals surface area contributed by atoms with E-state index in [1.165, 1.54) is 6.92 Å². The van der Waals surface area contributed by atoms with E-state index in [1.807, 2.05) is 0 Å². The molecule has 0 saturated carbocycles. The molecule has 1 amide bonds. The van der Waals surface area contributed by atoms with Gasteiger partial charge in [-0.05, 0) is 39.7 Å². The highest BCUT2D eigenvalue weighted by Crippen LogP contribution is 2.37. The Morgan fingerprint density at radius 2 is 1.89 bits per heavy atom. The standard InChI is InChI=1S/C12H20N2O4/c1-8-4-3-6-13(8)9-5-7-14(11(17)18)12(9,2)10(15)16/h8-9H,3-7H2,1-2H3,(H,15,16)(H,17,18). The molecule has 0 aromatic heterocycles. The minimum Gasteiger partial charge on any atom is -0.479 e. The van der Waals surface area contributed by atoms with Crippen LogP contribution in [0.5, 0.6) is 0 Å². The molecule has 102 valence electrons. The number of hydrogen-bond donors (Lipinski definition) is 2. The summed E-state index contributed by atoms with van der Waals surface area (Å²) in [6.07, 6.45) is 1.56. The van der Waals surface area contributed by atoms with Crippen molar-refractivity contribution in [2.45, 2.75) is 50.7 Å². The van der Waals surface area contributed by atoms with E-state index in [4.69, 9.17) is 5.11 Å². The second kappa shape index (κ2) is 4.42. The molecule has 0 bridgehead atoms. The number of nitrogens with zero attached hydrogens (tertiary/aromatic N) is 2. The molecule has 3 atom stereocenters. The highest BCUT2D eigenvalue weighted by molar-refractivity contribution is 5.85. The van der Waals surface area contributed by atoms with E-state index in [-0.39, 0.29) is 6.04 Å². The zero-order valence-corrected chi connectivity index (χ0v) is 10.8. The van der Waals surface area contributed by atoms with Gasteiger partial charge in [-0.3, -0.25) is 9.80 Å². The van der Waals surface area contributed by atoms with E-state index < -0.39 is 17.6 Å². The van der Waals surface area contributed by atoms with Crippen LogP contribution in [-0.4, -0.2) is 62.8 Å². The van der Waals surface area contributed by atoms with Crippen molar-refractivity contribution in [3.05, 3.63) is 0 Å². The third-order valence-electron chi connectivity index (χ3n) is 4.50. The van der Waals surface area contributed by atoms with Gasteiger partial charge in [0, 0.05) is 18.6 Å². The summed E-state index contributed by atoms with van der Waals surface area (Å²) in [7, 11) is 0. The maximum Gasteiger partial charge on any atom is 0.408 e. The summed E-state index contributed by atoms with van der Waals surface area (Å²) >= 11 is 0. The van der Waals surface area contributed by atoms with E-state index in [9.17, 15) is 14.7 Å². The molecule has 2 N–H and O–H groups in total. The lowest BCUT2D eigenvalue weighted by Gasteiger charge is -2.39. The molecular formula is C12H20N2O4. The van der Waals surface area contributed by atoms with Crippen LogP contribution >= 0.6 is 0 Å². The summed E-state index contributed by atoms with van der Waals surface area (Å²) in [5.41, 5.74) is -1.33. The van der Waals surface area contributed by atoms with Crippen molar-refractivity contribution < 1.29 is 19.8 Å². The van der Waals surface area contributed by atoms with Crippen LogP contribution in [0.4, 0.5) is 4.79 Å². The van der Waals surface area contributed by atoms with Crippen molar-refractivity contribution in [3.8, 4) is 0 Å². The highest BCUT2D eigenvalue weighted by atomic mass is 16.4. The SMILES string of the molecule is CC1CCCN1C1CCN(C(=O)O)C1(C)C(=O)O. The molecular weight excluding hydrogens is 236 g/mol. The predicted molar refractivity (Wildman–Crippen MR) is 64.6 cm³/mol. The van der Waals surface area contributed by atoms with Crippen molar-refractivity contribution in [2.24, 2.45) is 0 Å². The summed E-state index contributed by atoms with van der Waals surface area (Å²) < 4.78 is 0. The lowest BCUT2D eigenvalue weighted by molar-refractivity contribution is -0.150. The number of hydrogen-bond acceptors (Lipinski definition) is 3. The molecule has 0 aromatic carbocycles. The first-order valence-electron chi connectivity index (χ1n) is 6.38. The number of aliphatic carboxylic acids is 1. The van der Waals surface area contributed by atoms with Crippen molar-refractivity contribution in [2.75, 3.05) is 13.1 Å². The van der Waals surface area contributed by atoms with Gasteiger partial charge in [0.25, 0.3) is 0 Å². The van der Waals surface area contributed by atoms with E-state index >= 15 is 0 Å². The molecule has 6 heteroatoms. The number of carboxylic acid groups (broad SMARTS) is 2. The van der Waals surface area contributed by atoms with Crippen LogP contribution in [0.15, 0.2) is 0 Å². The molecule has 3 unspecified atom stereocenters. The Hall–Kier alpha value is -1.30. The molecule has 2 heterocycles. The molecule has 0 spiro atoms. The third kappa shape index (κ3) is 1.75.